The van der Waals surface area contributed by atoms with Crippen LogP contribution in [0.1, 0.15) is 60.4 Å². The average molecular weight is 438 g/mol. The first kappa shape index (κ1) is 19.0. The van der Waals surface area contributed by atoms with Crippen LogP contribution in [-0.2, 0) is 13.1 Å². The van der Waals surface area contributed by atoms with Crippen LogP contribution in [0.2, 0.25) is 5.02 Å². The van der Waals surface area contributed by atoms with Gasteiger partial charge in [-0.25, -0.2) is 4.39 Å². The molecule has 0 atom stereocenters. The fraction of sp³-hybridized carbons (Fsp3) is 0.348. The van der Waals surface area contributed by atoms with E-state index in [-0.39, 0.29) is 11.7 Å². The summed E-state index contributed by atoms with van der Waals surface area (Å²) in [4.78, 5) is 0. The van der Waals surface area contributed by atoms with Gasteiger partial charge in [0.15, 0.2) is 11.4 Å². The zero-order valence-corrected chi connectivity index (χ0v) is 17.6. The summed E-state index contributed by atoms with van der Waals surface area (Å²) in [5.74, 6) is 2.25. The molecule has 0 amide bonds. The van der Waals surface area contributed by atoms with Crippen molar-refractivity contribution in [3.8, 4) is 5.69 Å². The Kier molecular flexibility index (Phi) is 4.54. The van der Waals surface area contributed by atoms with E-state index in [1.807, 2.05) is 12.1 Å². The molecule has 2 aromatic carbocycles. The first-order chi connectivity index (χ1) is 15.2. The summed E-state index contributed by atoms with van der Waals surface area (Å²) < 4.78 is 21.4. The summed E-state index contributed by atoms with van der Waals surface area (Å²) in [5, 5.41) is 18.3. The van der Waals surface area contributed by atoms with Crippen molar-refractivity contribution in [1.82, 2.24) is 25.2 Å². The Morgan fingerprint density at radius 1 is 1.00 bits per heavy atom. The minimum Gasteiger partial charge on any atom is -0.356 e. The zero-order chi connectivity index (χ0) is 20.9. The largest absolute Gasteiger partial charge is 0.356 e. The maximum absolute atomic E-state index is 13.7. The number of hydrogen-bond donors (Lipinski definition) is 1. The molecule has 1 fully saturated rings. The van der Waals surface area contributed by atoms with Crippen LogP contribution in [0.5, 0.6) is 0 Å². The van der Waals surface area contributed by atoms with E-state index >= 15 is 0 Å². The molecule has 2 aromatic heterocycles. The second-order valence-electron chi connectivity index (χ2n) is 8.44. The molecule has 0 unspecified atom stereocenters. The van der Waals surface area contributed by atoms with Crippen LogP contribution >= 0.6 is 11.6 Å². The standard InChI is InChI=1S/C23H21ClFN5O/c24-16-5-7-19-15(9-16)11-26-12-21-27-28-23(30(19)21)14-3-1-13(2-4-14)22-18-10-17(25)6-8-20(18)31-29-22/h5-10,13-14,26H,1-4,11-12H2. The van der Waals surface area contributed by atoms with E-state index < -0.39 is 0 Å². The van der Waals surface area contributed by atoms with E-state index in [0.29, 0.717) is 18.0 Å². The van der Waals surface area contributed by atoms with Crippen LogP contribution in [-0.4, -0.2) is 19.9 Å². The molecule has 0 saturated heterocycles. The molecule has 1 saturated carbocycles. The number of halogens is 2. The molecular formula is C23H21ClFN5O. The van der Waals surface area contributed by atoms with Gasteiger partial charge in [-0.05, 0) is 67.6 Å². The smallest absolute Gasteiger partial charge is 0.167 e. The van der Waals surface area contributed by atoms with Gasteiger partial charge >= 0.3 is 0 Å². The summed E-state index contributed by atoms with van der Waals surface area (Å²) in [7, 11) is 0. The van der Waals surface area contributed by atoms with Gasteiger partial charge in [0.25, 0.3) is 0 Å². The number of nitrogens with zero attached hydrogens (tertiary/aromatic N) is 4. The summed E-state index contributed by atoms with van der Waals surface area (Å²) in [6.45, 7) is 1.42. The number of hydrogen-bond acceptors (Lipinski definition) is 5. The molecular weight excluding hydrogens is 417 g/mol. The van der Waals surface area contributed by atoms with Gasteiger partial charge in [-0.1, -0.05) is 16.8 Å². The van der Waals surface area contributed by atoms with Crippen molar-refractivity contribution in [2.45, 2.75) is 50.6 Å². The van der Waals surface area contributed by atoms with Gasteiger partial charge in [-0.15, -0.1) is 10.2 Å². The molecule has 0 radical (unpaired) electrons. The number of benzene rings is 2. The van der Waals surface area contributed by atoms with Gasteiger partial charge in [0.1, 0.15) is 11.6 Å². The molecule has 1 N–H and O–H groups in total. The van der Waals surface area contributed by atoms with Gasteiger partial charge in [0.05, 0.1) is 17.9 Å². The summed E-state index contributed by atoms with van der Waals surface area (Å²) in [6, 6.07) is 10.6. The Morgan fingerprint density at radius 3 is 2.71 bits per heavy atom. The molecule has 0 bridgehead atoms. The number of fused-ring (bicyclic) bond motifs is 4. The van der Waals surface area contributed by atoms with Crippen molar-refractivity contribution in [3.63, 3.8) is 0 Å². The molecule has 3 heterocycles. The molecule has 4 aromatic rings. The van der Waals surface area contributed by atoms with Gasteiger partial charge < -0.3 is 9.84 Å². The van der Waals surface area contributed by atoms with Crippen LogP contribution in [0.3, 0.4) is 0 Å². The van der Waals surface area contributed by atoms with Gasteiger partial charge in [0.2, 0.25) is 0 Å². The fourth-order valence-corrected chi connectivity index (χ4v) is 5.24. The second kappa shape index (κ2) is 7.43. The lowest BCUT2D eigenvalue weighted by molar-refractivity contribution is 0.360. The fourth-order valence-electron chi connectivity index (χ4n) is 5.04. The van der Waals surface area contributed by atoms with Crippen LogP contribution in [0.25, 0.3) is 16.7 Å². The van der Waals surface area contributed by atoms with Gasteiger partial charge in [0, 0.05) is 28.8 Å². The van der Waals surface area contributed by atoms with E-state index in [9.17, 15) is 4.39 Å². The molecule has 6 rings (SSSR count). The highest BCUT2D eigenvalue weighted by molar-refractivity contribution is 6.30. The van der Waals surface area contributed by atoms with E-state index in [0.717, 1.165) is 71.2 Å². The highest BCUT2D eigenvalue weighted by Crippen LogP contribution is 2.42. The summed E-state index contributed by atoms with van der Waals surface area (Å²) in [5.41, 5.74) is 3.77. The van der Waals surface area contributed by atoms with Crippen LogP contribution in [0.4, 0.5) is 4.39 Å². The van der Waals surface area contributed by atoms with Crippen molar-refractivity contribution in [2.75, 3.05) is 0 Å². The lowest BCUT2D eigenvalue weighted by atomic mass is 9.79. The second-order valence-corrected chi connectivity index (χ2v) is 8.88. The zero-order valence-electron chi connectivity index (χ0n) is 16.8. The van der Waals surface area contributed by atoms with Crippen molar-refractivity contribution < 1.29 is 8.91 Å². The number of rotatable bonds is 2. The van der Waals surface area contributed by atoms with Gasteiger partial charge in [-0.2, -0.15) is 0 Å². The summed E-state index contributed by atoms with van der Waals surface area (Å²) in [6.07, 6.45) is 3.86. The first-order valence-electron chi connectivity index (χ1n) is 10.7. The molecule has 158 valence electrons. The van der Waals surface area contributed by atoms with E-state index in [4.69, 9.17) is 16.1 Å². The lowest BCUT2D eigenvalue weighted by Crippen LogP contribution is -2.17. The predicted molar refractivity (Wildman–Crippen MR) is 115 cm³/mol. The first-order valence-corrected chi connectivity index (χ1v) is 11.0. The summed E-state index contributed by atoms with van der Waals surface area (Å²) >= 11 is 6.23. The molecule has 6 nitrogen and oxygen atoms in total. The molecule has 31 heavy (non-hydrogen) atoms. The van der Waals surface area contributed by atoms with E-state index in [1.165, 1.54) is 12.1 Å². The monoisotopic (exact) mass is 437 g/mol. The Labute approximate surface area is 183 Å². The maximum atomic E-state index is 13.7. The molecule has 2 aliphatic rings. The third-order valence-corrected chi connectivity index (χ3v) is 6.81. The van der Waals surface area contributed by atoms with Crippen molar-refractivity contribution in [3.05, 3.63) is 70.1 Å². The minimum atomic E-state index is -0.260. The highest BCUT2D eigenvalue weighted by Gasteiger charge is 2.31. The van der Waals surface area contributed by atoms with Crippen molar-refractivity contribution >= 4 is 22.6 Å². The van der Waals surface area contributed by atoms with Crippen molar-refractivity contribution in [2.24, 2.45) is 0 Å². The third kappa shape index (κ3) is 3.23. The molecule has 8 heteroatoms. The van der Waals surface area contributed by atoms with Crippen molar-refractivity contribution in [1.29, 1.82) is 0 Å². The third-order valence-electron chi connectivity index (χ3n) is 6.58. The normalized spacial score (nSPS) is 21.0. The maximum Gasteiger partial charge on any atom is 0.167 e. The number of aromatic nitrogens is 4. The van der Waals surface area contributed by atoms with Gasteiger partial charge in [-0.3, -0.25) is 4.57 Å². The topological polar surface area (TPSA) is 68.8 Å². The Hall–Kier alpha value is -2.77. The average Bonchev–Trinajstić information content (AvgIpc) is 3.34. The molecule has 1 aliphatic carbocycles. The molecule has 0 spiro atoms. The highest BCUT2D eigenvalue weighted by atomic mass is 35.5. The predicted octanol–water partition coefficient (Wildman–Crippen LogP) is 5.25. The Bertz CT molecular complexity index is 1270. The Balaban J connectivity index is 1.29. The van der Waals surface area contributed by atoms with Crippen LogP contribution < -0.4 is 5.32 Å². The number of nitrogens with one attached hydrogen (secondary N) is 1. The van der Waals surface area contributed by atoms with E-state index in [1.54, 1.807) is 6.07 Å². The molecule has 1 aliphatic heterocycles. The quantitative estimate of drug-likeness (QED) is 0.464. The van der Waals surface area contributed by atoms with E-state index in [2.05, 4.69) is 31.3 Å². The van der Waals surface area contributed by atoms with Crippen LogP contribution in [0, 0.1) is 5.82 Å². The minimum absolute atomic E-state index is 0.260. The van der Waals surface area contributed by atoms with Crippen LogP contribution in [0.15, 0.2) is 40.9 Å². The Morgan fingerprint density at radius 2 is 1.84 bits per heavy atom. The lowest BCUT2D eigenvalue weighted by Gasteiger charge is -2.27. The SMILES string of the molecule is Fc1ccc2onc(C3CCC(c4nnc5n4-c4ccc(Cl)cc4CNC5)CC3)c2c1.